The monoisotopic (exact) mass is 300 g/mol. The van der Waals surface area contributed by atoms with Crippen molar-refractivity contribution in [2.75, 3.05) is 5.75 Å². The molecule has 112 valence electrons. The van der Waals surface area contributed by atoms with E-state index >= 15 is 0 Å². The Bertz CT molecular complexity index is 549. The van der Waals surface area contributed by atoms with Crippen molar-refractivity contribution in [2.24, 2.45) is 5.41 Å². The number of aromatic nitrogens is 1. The van der Waals surface area contributed by atoms with Crippen LogP contribution in [-0.2, 0) is 21.2 Å². The van der Waals surface area contributed by atoms with E-state index in [2.05, 4.69) is 9.71 Å². The highest BCUT2D eigenvalue weighted by Gasteiger charge is 2.34. The fourth-order valence-electron chi connectivity index (χ4n) is 1.64. The summed E-state index contributed by atoms with van der Waals surface area (Å²) in [7, 11) is -3.66. The molecule has 1 atom stereocenters. The van der Waals surface area contributed by atoms with Gasteiger partial charge in [0.2, 0.25) is 10.0 Å². The third kappa shape index (κ3) is 5.26. The zero-order valence-corrected chi connectivity index (χ0v) is 12.6. The van der Waals surface area contributed by atoms with E-state index in [1.54, 1.807) is 45.3 Å². The first-order valence-electron chi connectivity index (χ1n) is 6.23. The van der Waals surface area contributed by atoms with Gasteiger partial charge in [0.1, 0.15) is 6.04 Å². The number of carbonyl (C=O) groups is 1. The lowest BCUT2D eigenvalue weighted by molar-refractivity contribution is -0.141. The molecular weight excluding hydrogens is 280 g/mol. The zero-order valence-electron chi connectivity index (χ0n) is 11.8. The van der Waals surface area contributed by atoms with Gasteiger partial charge in [-0.3, -0.25) is 9.78 Å². The Balaban J connectivity index is 2.72. The summed E-state index contributed by atoms with van der Waals surface area (Å²) in [6, 6.07) is 2.31. The summed E-state index contributed by atoms with van der Waals surface area (Å²) in [4.78, 5) is 15.0. The quantitative estimate of drug-likeness (QED) is 0.818. The van der Waals surface area contributed by atoms with Crippen molar-refractivity contribution < 1.29 is 18.3 Å². The second-order valence-corrected chi connectivity index (χ2v) is 7.55. The standard InChI is InChI=1S/C13H20N2O4S/c1-13(2,3)11(12(16)17)15-20(18,19)9-6-10-4-7-14-8-5-10/h4-5,7-8,11,15H,6,9H2,1-3H3,(H,16,17)/t11-/m1/s1. The molecule has 0 bridgehead atoms. The van der Waals surface area contributed by atoms with Crippen LogP contribution in [0.25, 0.3) is 0 Å². The highest BCUT2D eigenvalue weighted by Crippen LogP contribution is 2.20. The minimum absolute atomic E-state index is 0.156. The lowest BCUT2D eigenvalue weighted by Gasteiger charge is -2.27. The molecule has 1 heterocycles. The van der Waals surface area contributed by atoms with Crippen LogP contribution in [0.5, 0.6) is 0 Å². The predicted molar refractivity (Wildman–Crippen MR) is 75.7 cm³/mol. The van der Waals surface area contributed by atoms with Gasteiger partial charge in [0.25, 0.3) is 0 Å². The molecule has 0 aromatic carbocycles. The molecule has 0 spiro atoms. The minimum Gasteiger partial charge on any atom is -0.480 e. The number of carboxylic acids is 1. The van der Waals surface area contributed by atoms with E-state index in [9.17, 15) is 13.2 Å². The predicted octanol–water partition coefficient (Wildman–Crippen LogP) is 1.04. The average Bonchev–Trinajstić information content (AvgIpc) is 2.33. The van der Waals surface area contributed by atoms with E-state index in [0.717, 1.165) is 5.56 Å². The molecule has 0 aliphatic heterocycles. The Labute approximate surface area is 119 Å². The van der Waals surface area contributed by atoms with Crippen molar-refractivity contribution in [1.29, 1.82) is 0 Å². The number of aliphatic carboxylic acids is 1. The van der Waals surface area contributed by atoms with Crippen molar-refractivity contribution in [1.82, 2.24) is 9.71 Å². The van der Waals surface area contributed by atoms with Crippen molar-refractivity contribution in [3.05, 3.63) is 30.1 Å². The fourth-order valence-corrected chi connectivity index (χ4v) is 3.07. The van der Waals surface area contributed by atoms with E-state index < -0.39 is 27.4 Å². The Hall–Kier alpha value is -1.47. The second-order valence-electron chi connectivity index (χ2n) is 5.68. The van der Waals surface area contributed by atoms with Gasteiger partial charge >= 0.3 is 5.97 Å². The van der Waals surface area contributed by atoms with Gasteiger partial charge in [0.15, 0.2) is 0 Å². The highest BCUT2D eigenvalue weighted by molar-refractivity contribution is 7.89. The van der Waals surface area contributed by atoms with Gasteiger partial charge in [-0.25, -0.2) is 13.1 Å². The summed E-state index contributed by atoms with van der Waals surface area (Å²) in [5.41, 5.74) is 0.142. The third-order valence-electron chi connectivity index (χ3n) is 2.82. The molecule has 1 aromatic heterocycles. The van der Waals surface area contributed by atoms with E-state index in [0.29, 0.717) is 6.42 Å². The molecule has 7 heteroatoms. The molecule has 1 aromatic rings. The van der Waals surface area contributed by atoms with Gasteiger partial charge in [0.05, 0.1) is 5.75 Å². The molecule has 0 radical (unpaired) electrons. The average molecular weight is 300 g/mol. The lowest BCUT2D eigenvalue weighted by atomic mass is 9.88. The Kier molecular flexibility index (Phi) is 5.24. The fraction of sp³-hybridized carbons (Fsp3) is 0.538. The van der Waals surface area contributed by atoms with Crippen molar-refractivity contribution in [2.45, 2.75) is 33.2 Å². The summed E-state index contributed by atoms with van der Waals surface area (Å²) in [6.45, 7) is 5.03. The first-order valence-corrected chi connectivity index (χ1v) is 7.89. The molecule has 2 N–H and O–H groups in total. The van der Waals surface area contributed by atoms with Crippen LogP contribution in [0, 0.1) is 5.41 Å². The lowest BCUT2D eigenvalue weighted by Crippen LogP contribution is -2.49. The molecule has 6 nitrogen and oxygen atoms in total. The van der Waals surface area contributed by atoms with Crippen LogP contribution >= 0.6 is 0 Å². The van der Waals surface area contributed by atoms with Gasteiger partial charge in [-0.05, 0) is 29.5 Å². The molecule has 0 aliphatic carbocycles. The summed E-state index contributed by atoms with van der Waals surface area (Å²) >= 11 is 0. The maximum atomic E-state index is 12.0. The van der Waals surface area contributed by atoms with E-state index in [4.69, 9.17) is 5.11 Å². The van der Waals surface area contributed by atoms with Crippen molar-refractivity contribution >= 4 is 16.0 Å². The molecule has 0 saturated heterocycles. The van der Waals surface area contributed by atoms with Crippen molar-refractivity contribution in [3.63, 3.8) is 0 Å². The molecule has 20 heavy (non-hydrogen) atoms. The van der Waals surface area contributed by atoms with Crippen LogP contribution in [0.1, 0.15) is 26.3 Å². The number of sulfonamides is 1. The Morgan fingerprint density at radius 2 is 1.90 bits per heavy atom. The molecule has 0 aliphatic rings. The number of nitrogens with zero attached hydrogens (tertiary/aromatic N) is 1. The molecular formula is C13H20N2O4S. The van der Waals surface area contributed by atoms with Crippen LogP contribution in [0.15, 0.2) is 24.5 Å². The molecule has 0 amide bonds. The number of pyridine rings is 1. The maximum absolute atomic E-state index is 12.0. The number of aryl methyl sites for hydroxylation is 1. The second kappa shape index (κ2) is 6.32. The van der Waals surface area contributed by atoms with Gasteiger partial charge in [-0.15, -0.1) is 0 Å². The van der Waals surface area contributed by atoms with Gasteiger partial charge in [0, 0.05) is 12.4 Å². The van der Waals surface area contributed by atoms with Crippen LogP contribution in [0.2, 0.25) is 0 Å². The van der Waals surface area contributed by atoms with E-state index in [-0.39, 0.29) is 5.75 Å². The van der Waals surface area contributed by atoms with Gasteiger partial charge < -0.3 is 5.11 Å². The topological polar surface area (TPSA) is 96.4 Å². The smallest absolute Gasteiger partial charge is 0.322 e. The van der Waals surface area contributed by atoms with E-state index in [1.165, 1.54) is 0 Å². The van der Waals surface area contributed by atoms with Crippen LogP contribution in [0.4, 0.5) is 0 Å². The summed E-state index contributed by atoms with van der Waals surface area (Å²) in [5, 5.41) is 9.12. The van der Waals surface area contributed by atoms with Crippen LogP contribution in [-0.4, -0.2) is 36.3 Å². The Morgan fingerprint density at radius 3 is 2.35 bits per heavy atom. The van der Waals surface area contributed by atoms with Crippen LogP contribution < -0.4 is 4.72 Å². The molecule has 1 rings (SSSR count). The number of hydrogen-bond donors (Lipinski definition) is 2. The normalized spacial score (nSPS) is 13.9. The largest absolute Gasteiger partial charge is 0.480 e. The number of rotatable bonds is 6. The molecule has 0 unspecified atom stereocenters. The van der Waals surface area contributed by atoms with E-state index in [1.807, 2.05) is 0 Å². The summed E-state index contributed by atoms with van der Waals surface area (Å²) in [6.07, 6.45) is 3.49. The van der Waals surface area contributed by atoms with Crippen LogP contribution in [0.3, 0.4) is 0 Å². The number of nitrogens with one attached hydrogen (secondary N) is 1. The summed E-state index contributed by atoms with van der Waals surface area (Å²) in [5.74, 6) is -1.33. The van der Waals surface area contributed by atoms with Gasteiger partial charge in [-0.1, -0.05) is 20.8 Å². The maximum Gasteiger partial charge on any atom is 0.322 e. The number of carboxylic acid groups (broad SMARTS) is 1. The Morgan fingerprint density at radius 1 is 1.35 bits per heavy atom. The SMILES string of the molecule is CC(C)(C)[C@H](NS(=O)(=O)CCc1ccncc1)C(=O)O. The number of hydrogen-bond acceptors (Lipinski definition) is 4. The highest BCUT2D eigenvalue weighted by atomic mass is 32.2. The van der Waals surface area contributed by atoms with Crippen molar-refractivity contribution in [3.8, 4) is 0 Å². The molecule has 0 saturated carbocycles. The first kappa shape index (κ1) is 16.6. The van der Waals surface area contributed by atoms with Gasteiger partial charge in [-0.2, -0.15) is 0 Å². The third-order valence-corrected chi connectivity index (χ3v) is 4.16. The minimum atomic E-state index is -3.66. The summed E-state index contributed by atoms with van der Waals surface area (Å²) < 4.78 is 26.2. The zero-order chi connectivity index (χ0) is 15.4. The first-order chi connectivity index (χ1) is 9.12. The molecule has 0 fully saturated rings.